The number of amides is 2. The molecule has 0 aromatic heterocycles. The first-order chi connectivity index (χ1) is 10.6. The van der Waals surface area contributed by atoms with Crippen LogP contribution in [0.1, 0.15) is 18.9 Å². The molecule has 0 fully saturated rings. The molecule has 2 amide bonds. The maximum atomic E-state index is 13.9. The maximum absolute atomic E-state index is 13.9. The van der Waals surface area contributed by atoms with Gasteiger partial charge < -0.3 is 10.2 Å². The van der Waals surface area contributed by atoms with Crippen LogP contribution in [-0.4, -0.2) is 17.5 Å². The van der Waals surface area contributed by atoms with E-state index in [-0.39, 0.29) is 16.7 Å². The van der Waals surface area contributed by atoms with Gasteiger partial charge in [0.15, 0.2) is 5.82 Å². The zero-order valence-electron chi connectivity index (χ0n) is 12.4. The highest BCUT2D eigenvalue weighted by molar-refractivity contribution is 6.31. The summed E-state index contributed by atoms with van der Waals surface area (Å²) in [5.41, 5.74) is 1.12. The Kier molecular flexibility index (Phi) is 5.78. The van der Waals surface area contributed by atoms with Gasteiger partial charge in [0.05, 0.1) is 10.7 Å². The van der Waals surface area contributed by atoms with Crippen LogP contribution in [-0.2, 0) is 6.54 Å². The number of hydrogen-bond acceptors (Lipinski definition) is 1. The molecule has 0 aliphatic heterocycles. The molecule has 0 unspecified atom stereocenters. The van der Waals surface area contributed by atoms with Gasteiger partial charge in [0.1, 0.15) is 0 Å². The number of carbonyl (C=O) groups is 1. The first-order valence-electron chi connectivity index (χ1n) is 7.15. The zero-order chi connectivity index (χ0) is 15.9. The molecule has 2 aromatic carbocycles. The normalized spacial score (nSPS) is 10.3. The van der Waals surface area contributed by atoms with Crippen molar-refractivity contribution in [1.82, 2.24) is 4.90 Å². The Morgan fingerprint density at radius 2 is 1.91 bits per heavy atom. The minimum atomic E-state index is -0.617. The van der Waals surface area contributed by atoms with E-state index in [1.54, 1.807) is 11.0 Å². The van der Waals surface area contributed by atoms with Crippen LogP contribution >= 0.6 is 11.6 Å². The topological polar surface area (TPSA) is 32.3 Å². The van der Waals surface area contributed by atoms with Crippen LogP contribution < -0.4 is 5.32 Å². The van der Waals surface area contributed by atoms with Gasteiger partial charge in [-0.2, -0.15) is 0 Å². The highest BCUT2D eigenvalue weighted by atomic mass is 35.5. The second kappa shape index (κ2) is 7.80. The molecule has 0 saturated carbocycles. The van der Waals surface area contributed by atoms with Gasteiger partial charge in [-0.25, -0.2) is 9.18 Å². The van der Waals surface area contributed by atoms with Crippen molar-refractivity contribution in [2.24, 2.45) is 0 Å². The molecule has 0 radical (unpaired) electrons. The van der Waals surface area contributed by atoms with Crippen LogP contribution in [0.25, 0.3) is 0 Å². The summed E-state index contributed by atoms with van der Waals surface area (Å²) < 4.78 is 13.9. The number of nitrogens with one attached hydrogen (secondary N) is 1. The number of urea groups is 1. The number of hydrogen-bond donors (Lipinski definition) is 1. The first-order valence-corrected chi connectivity index (χ1v) is 7.53. The van der Waals surface area contributed by atoms with Gasteiger partial charge in [-0.3, -0.25) is 0 Å². The summed E-state index contributed by atoms with van der Waals surface area (Å²) in [6.45, 7) is 3.05. The van der Waals surface area contributed by atoms with E-state index in [9.17, 15) is 9.18 Å². The molecule has 5 heteroatoms. The first kappa shape index (κ1) is 16.3. The monoisotopic (exact) mass is 320 g/mol. The Hall–Kier alpha value is -2.07. The Bertz CT molecular complexity index is 634. The number of halogens is 2. The molecule has 2 aromatic rings. The van der Waals surface area contributed by atoms with E-state index in [0.717, 1.165) is 12.0 Å². The molecule has 0 aliphatic carbocycles. The van der Waals surface area contributed by atoms with Crippen molar-refractivity contribution < 1.29 is 9.18 Å². The van der Waals surface area contributed by atoms with Gasteiger partial charge >= 0.3 is 6.03 Å². The molecule has 3 nitrogen and oxygen atoms in total. The van der Waals surface area contributed by atoms with Crippen LogP contribution in [0.5, 0.6) is 0 Å². The smallest absolute Gasteiger partial charge is 0.320 e. The van der Waals surface area contributed by atoms with Gasteiger partial charge in [-0.05, 0) is 24.1 Å². The van der Waals surface area contributed by atoms with Crippen LogP contribution in [0.2, 0.25) is 5.02 Å². The third-order valence-electron chi connectivity index (χ3n) is 3.19. The number of carbonyl (C=O) groups excluding carboxylic acids is 1. The van der Waals surface area contributed by atoms with Crippen molar-refractivity contribution in [3.63, 3.8) is 0 Å². The standard InChI is InChI=1S/C17H18ClFN2O/c1-2-11-21(12-13-7-4-3-5-8-13)17(22)20-15-10-6-9-14(18)16(15)19/h3-10H,2,11-12H2,1H3,(H,20,22). The predicted molar refractivity (Wildman–Crippen MR) is 87.6 cm³/mol. The van der Waals surface area contributed by atoms with E-state index < -0.39 is 5.82 Å². The molecule has 0 bridgehead atoms. The van der Waals surface area contributed by atoms with Gasteiger partial charge in [-0.1, -0.05) is 54.9 Å². The van der Waals surface area contributed by atoms with Crippen LogP contribution in [0.4, 0.5) is 14.9 Å². The Balaban J connectivity index is 2.11. The summed E-state index contributed by atoms with van der Waals surface area (Å²) in [6, 6.07) is 13.9. The van der Waals surface area contributed by atoms with E-state index in [4.69, 9.17) is 11.6 Å². The molecule has 0 saturated heterocycles. The average Bonchev–Trinajstić information content (AvgIpc) is 2.52. The summed E-state index contributed by atoms with van der Waals surface area (Å²) in [5, 5.41) is 2.57. The van der Waals surface area contributed by atoms with E-state index >= 15 is 0 Å². The third-order valence-corrected chi connectivity index (χ3v) is 3.48. The fraction of sp³-hybridized carbons (Fsp3) is 0.235. The molecular weight excluding hydrogens is 303 g/mol. The molecule has 116 valence electrons. The molecular formula is C17H18ClFN2O. The predicted octanol–water partition coefficient (Wildman–Crippen LogP) is 4.92. The summed E-state index contributed by atoms with van der Waals surface area (Å²) in [4.78, 5) is 14.0. The molecule has 0 heterocycles. The van der Waals surface area contributed by atoms with Gasteiger partial charge in [-0.15, -0.1) is 0 Å². The second-order valence-electron chi connectivity index (χ2n) is 4.94. The van der Waals surface area contributed by atoms with E-state index in [1.165, 1.54) is 12.1 Å². The van der Waals surface area contributed by atoms with Gasteiger partial charge in [0, 0.05) is 13.1 Å². The SMILES string of the molecule is CCCN(Cc1ccccc1)C(=O)Nc1cccc(Cl)c1F. The van der Waals surface area contributed by atoms with Crippen molar-refractivity contribution in [3.8, 4) is 0 Å². The Morgan fingerprint density at radius 1 is 1.18 bits per heavy atom. The third kappa shape index (κ3) is 4.21. The molecule has 0 spiro atoms. The van der Waals surface area contributed by atoms with Gasteiger partial charge in [0.2, 0.25) is 0 Å². The van der Waals surface area contributed by atoms with Crippen LogP contribution in [0, 0.1) is 5.82 Å². The van der Waals surface area contributed by atoms with Crippen molar-refractivity contribution in [2.75, 3.05) is 11.9 Å². The number of nitrogens with zero attached hydrogens (tertiary/aromatic N) is 1. The Morgan fingerprint density at radius 3 is 2.59 bits per heavy atom. The van der Waals surface area contributed by atoms with Gasteiger partial charge in [0.25, 0.3) is 0 Å². The molecule has 22 heavy (non-hydrogen) atoms. The Labute approximate surface area is 134 Å². The highest BCUT2D eigenvalue weighted by Crippen LogP contribution is 2.22. The summed E-state index contributed by atoms with van der Waals surface area (Å²) >= 11 is 5.73. The summed E-state index contributed by atoms with van der Waals surface area (Å²) in [7, 11) is 0. The van der Waals surface area contributed by atoms with Crippen molar-refractivity contribution in [2.45, 2.75) is 19.9 Å². The van der Waals surface area contributed by atoms with E-state index in [0.29, 0.717) is 13.1 Å². The fourth-order valence-corrected chi connectivity index (χ4v) is 2.30. The fourth-order valence-electron chi connectivity index (χ4n) is 2.12. The highest BCUT2D eigenvalue weighted by Gasteiger charge is 2.16. The van der Waals surface area contributed by atoms with Crippen molar-refractivity contribution in [1.29, 1.82) is 0 Å². The minimum absolute atomic E-state index is 0.0112. The quantitative estimate of drug-likeness (QED) is 0.833. The lowest BCUT2D eigenvalue weighted by Crippen LogP contribution is -2.35. The van der Waals surface area contributed by atoms with Crippen LogP contribution in [0.3, 0.4) is 0 Å². The lowest BCUT2D eigenvalue weighted by atomic mass is 10.2. The molecule has 1 N–H and O–H groups in total. The second-order valence-corrected chi connectivity index (χ2v) is 5.35. The summed E-state index contributed by atoms with van der Waals surface area (Å²) in [5.74, 6) is -0.617. The largest absolute Gasteiger partial charge is 0.322 e. The number of rotatable bonds is 5. The zero-order valence-corrected chi connectivity index (χ0v) is 13.1. The number of anilines is 1. The number of benzene rings is 2. The van der Waals surface area contributed by atoms with E-state index in [1.807, 2.05) is 37.3 Å². The van der Waals surface area contributed by atoms with E-state index in [2.05, 4.69) is 5.32 Å². The van der Waals surface area contributed by atoms with Crippen molar-refractivity contribution >= 4 is 23.3 Å². The average molecular weight is 321 g/mol. The minimum Gasteiger partial charge on any atom is -0.320 e. The van der Waals surface area contributed by atoms with Crippen molar-refractivity contribution in [3.05, 3.63) is 64.9 Å². The van der Waals surface area contributed by atoms with Crippen LogP contribution in [0.15, 0.2) is 48.5 Å². The lowest BCUT2D eigenvalue weighted by molar-refractivity contribution is 0.209. The molecule has 0 aliphatic rings. The maximum Gasteiger partial charge on any atom is 0.322 e. The molecule has 2 rings (SSSR count). The summed E-state index contributed by atoms with van der Waals surface area (Å²) in [6.07, 6.45) is 0.818. The lowest BCUT2D eigenvalue weighted by Gasteiger charge is -2.23. The molecule has 0 atom stereocenters.